The van der Waals surface area contributed by atoms with Crippen LogP contribution in [0.25, 0.3) is 0 Å². The number of hydrogen-bond acceptors (Lipinski definition) is 5. The highest BCUT2D eigenvalue weighted by molar-refractivity contribution is 7.89. The molecule has 9 nitrogen and oxygen atoms in total. The zero-order valence-corrected chi connectivity index (χ0v) is 19.4. The number of carbonyl (C=O) groups excluding carboxylic acids is 1. The Morgan fingerprint density at radius 2 is 1.68 bits per heavy atom. The summed E-state index contributed by atoms with van der Waals surface area (Å²) >= 11 is 0. The molecule has 178 valence electrons. The maximum Gasteiger partial charge on any atom is 0.326 e. The predicted octanol–water partition coefficient (Wildman–Crippen LogP) is 2.75. The van der Waals surface area contributed by atoms with Crippen molar-refractivity contribution in [1.29, 1.82) is 0 Å². The number of carboxylic acid groups (broad SMARTS) is 1. The highest BCUT2D eigenvalue weighted by atomic mass is 32.2. The van der Waals surface area contributed by atoms with E-state index in [2.05, 4.69) is 26.9 Å². The SMILES string of the molecule is CCCCCCCCCCCCS(=O)(=O)NCCC(=O)NC(Cc1cnc[nH]1)C(=O)O. The van der Waals surface area contributed by atoms with Gasteiger partial charge in [0.05, 0.1) is 12.1 Å². The maximum absolute atomic E-state index is 12.0. The van der Waals surface area contributed by atoms with Crippen LogP contribution in [0.15, 0.2) is 12.5 Å². The normalized spacial score (nSPS) is 12.5. The molecule has 0 aromatic carbocycles. The lowest BCUT2D eigenvalue weighted by molar-refractivity contribution is -0.141. The largest absolute Gasteiger partial charge is 0.480 e. The van der Waals surface area contributed by atoms with Crippen LogP contribution < -0.4 is 10.0 Å². The van der Waals surface area contributed by atoms with Crippen LogP contribution in [0.4, 0.5) is 0 Å². The first kappa shape index (κ1) is 27.1. The molecular weight excluding hydrogens is 420 g/mol. The molecule has 1 aromatic rings. The molecule has 0 saturated carbocycles. The summed E-state index contributed by atoms with van der Waals surface area (Å²) in [6.45, 7) is 2.15. The number of aromatic amines is 1. The molecule has 0 bridgehead atoms. The van der Waals surface area contributed by atoms with E-state index in [-0.39, 0.29) is 25.1 Å². The van der Waals surface area contributed by atoms with Crippen molar-refractivity contribution < 1.29 is 23.1 Å². The van der Waals surface area contributed by atoms with Crippen LogP contribution in [0.3, 0.4) is 0 Å². The fraction of sp³-hybridized carbons (Fsp3) is 0.762. The molecule has 0 aliphatic carbocycles. The number of carboxylic acids is 1. The second kappa shape index (κ2) is 15.8. The average Bonchev–Trinajstić information content (AvgIpc) is 3.22. The molecule has 1 aromatic heterocycles. The number of H-pyrrole nitrogens is 1. The van der Waals surface area contributed by atoms with E-state index in [9.17, 15) is 23.1 Å². The van der Waals surface area contributed by atoms with Crippen molar-refractivity contribution in [2.75, 3.05) is 12.3 Å². The van der Waals surface area contributed by atoms with Crippen LogP contribution in [-0.2, 0) is 26.0 Å². The minimum absolute atomic E-state index is 0.0443. The first-order valence-corrected chi connectivity index (χ1v) is 13.0. The van der Waals surface area contributed by atoms with Crippen molar-refractivity contribution in [2.45, 2.75) is 90.0 Å². The molecule has 10 heteroatoms. The van der Waals surface area contributed by atoms with Crippen LogP contribution in [0.1, 0.15) is 83.2 Å². The number of amides is 1. The van der Waals surface area contributed by atoms with Gasteiger partial charge >= 0.3 is 5.97 Å². The van der Waals surface area contributed by atoms with Crippen molar-refractivity contribution in [2.24, 2.45) is 0 Å². The van der Waals surface area contributed by atoms with E-state index in [1.165, 1.54) is 51.0 Å². The summed E-state index contributed by atoms with van der Waals surface area (Å²) in [5, 5.41) is 11.6. The second-order valence-corrected chi connectivity index (χ2v) is 9.81. The monoisotopic (exact) mass is 458 g/mol. The fourth-order valence-corrected chi connectivity index (χ4v) is 4.40. The molecule has 0 spiro atoms. The van der Waals surface area contributed by atoms with E-state index in [1.807, 2.05) is 0 Å². The minimum atomic E-state index is -3.43. The molecule has 1 unspecified atom stereocenters. The number of aromatic nitrogens is 2. The van der Waals surface area contributed by atoms with Gasteiger partial charge in [-0.05, 0) is 6.42 Å². The van der Waals surface area contributed by atoms with Gasteiger partial charge in [0.15, 0.2) is 0 Å². The zero-order valence-electron chi connectivity index (χ0n) is 18.6. The molecular formula is C21H38N4O5S. The second-order valence-electron chi connectivity index (χ2n) is 7.88. The molecule has 1 amide bonds. The zero-order chi connectivity index (χ0) is 23.0. The lowest BCUT2D eigenvalue weighted by Crippen LogP contribution is -2.43. The van der Waals surface area contributed by atoms with Crippen LogP contribution in [0, 0.1) is 0 Å². The molecule has 0 radical (unpaired) electrons. The highest BCUT2D eigenvalue weighted by Gasteiger charge is 2.21. The van der Waals surface area contributed by atoms with E-state index < -0.39 is 27.9 Å². The number of rotatable bonds is 19. The van der Waals surface area contributed by atoms with Crippen molar-refractivity contribution >= 4 is 21.9 Å². The number of carbonyl (C=O) groups is 2. The highest BCUT2D eigenvalue weighted by Crippen LogP contribution is 2.10. The Hall–Kier alpha value is -1.94. The van der Waals surface area contributed by atoms with E-state index in [1.54, 1.807) is 0 Å². The third-order valence-electron chi connectivity index (χ3n) is 5.05. The Bertz CT molecular complexity index is 722. The van der Waals surface area contributed by atoms with E-state index in [0.717, 1.165) is 19.3 Å². The van der Waals surface area contributed by atoms with Gasteiger partial charge in [-0.25, -0.2) is 22.9 Å². The van der Waals surface area contributed by atoms with Crippen molar-refractivity contribution in [3.05, 3.63) is 18.2 Å². The van der Waals surface area contributed by atoms with Gasteiger partial charge in [0.1, 0.15) is 6.04 Å². The summed E-state index contributed by atoms with van der Waals surface area (Å²) in [5.74, 6) is -1.64. The van der Waals surface area contributed by atoms with Gasteiger partial charge in [-0.15, -0.1) is 0 Å². The molecule has 0 aliphatic heterocycles. The summed E-state index contributed by atoms with van der Waals surface area (Å²) in [6, 6.07) is -1.10. The van der Waals surface area contributed by atoms with Gasteiger partial charge in [0.2, 0.25) is 15.9 Å². The van der Waals surface area contributed by atoms with Crippen LogP contribution >= 0.6 is 0 Å². The van der Waals surface area contributed by atoms with E-state index in [4.69, 9.17) is 0 Å². The molecule has 1 heterocycles. The first-order valence-electron chi connectivity index (χ1n) is 11.3. The van der Waals surface area contributed by atoms with Crippen molar-refractivity contribution in [1.82, 2.24) is 20.0 Å². The molecule has 31 heavy (non-hydrogen) atoms. The summed E-state index contributed by atoms with van der Waals surface area (Å²) in [5.41, 5.74) is 0.588. The van der Waals surface area contributed by atoms with Crippen LogP contribution in [0.2, 0.25) is 0 Å². The Kier molecular flexibility index (Phi) is 13.8. The summed E-state index contributed by atoms with van der Waals surface area (Å²) in [4.78, 5) is 29.9. The Balaban J connectivity index is 2.13. The standard InChI is InChI=1S/C21H38N4O5S/c1-2-3-4-5-6-7-8-9-10-11-14-31(29,30)24-13-12-20(26)25-19(21(27)28)15-18-16-22-17-23-18/h16-17,19,24H,2-15H2,1H3,(H,22,23)(H,25,26)(H,27,28). The summed E-state index contributed by atoms with van der Waals surface area (Å²) in [6.07, 6.45) is 14.1. The fourth-order valence-electron chi connectivity index (χ4n) is 3.25. The summed E-state index contributed by atoms with van der Waals surface area (Å²) < 4.78 is 26.5. The van der Waals surface area contributed by atoms with Gasteiger partial charge in [0, 0.05) is 31.3 Å². The smallest absolute Gasteiger partial charge is 0.326 e. The van der Waals surface area contributed by atoms with Gasteiger partial charge < -0.3 is 15.4 Å². The summed E-state index contributed by atoms with van der Waals surface area (Å²) in [7, 11) is -3.43. The molecule has 1 rings (SSSR count). The number of sulfonamides is 1. The van der Waals surface area contributed by atoms with E-state index >= 15 is 0 Å². The quantitative estimate of drug-likeness (QED) is 0.235. The lowest BCUT2D eigenvalue weighted by Gasteiger charge is -2.14. The van der Waals surface area contributed by atoms with E-state index in [0.29, 0.717) is 12.1 Å². The number of imidazole rings is 1. The number of unbranched alkanes of at least 4 members (excludes halogenated alkanes) is 9. The van der Waals surface area contributed by atoms with Crippen molar-refractivity contribution in [3.8, 4) is 0 Å². The molecule has 0 fully saturated rings. The van der Waals surface area contributed by atoms with Crippen LogP contribution in [-0.4, -0.2) is 53.7 Å². The number of aliphatic carboxylic acids is 1. The van der Waals surface area contributed by atoms with Crippen molar-refractivity contribution in [3.63, 3.8) is 0 Å². The molecule has 0 saturated heterocycles. The minimum Gasteiger partial charge on any atom is -0.480 e. The Labute approximate surface area is 185 Å². The topological polar surface area (TPSA) is 141 Å². The Morgan fingerprint density at radius 3 is 2.23 bits per heavy atom. The molecule has 4 N–H and O–H groups in total. The molecule has 1 atom stereocenters. The lowest BCUT2D eigenvalue weighted by atomic mass is 10.1. The number of nitrogens with zero attached hydrogens (tertiary/aromatic N) is 1. The molecule has 0 aliphatic rings. The third kappa shape index (κ3) is 13.9. The number of nitrogens with one attached hydrogen (secondary N) is 3. The van der Waals surface area contributed by atoms with Gasteiger partial charge in [-0.2, -0.15) is 0 Å². The first-order chi connectivity index (χ1) is 14.8. The average molecular weight is 459 g/mol. The third-order valence-corrected chi connectivity index (χ3v) is 6.52. The maximum atomic E-state index is 12.0. The Morgan fingerprint density at radius 1 is 1.06 bits per heavy atom. The van der Waals surface area contributed by atoms with Gasteiger partial charge in [-0.1, -0.05) is 64.7 Å². The van der Waals surface area contributed by atoms with Crippen LogP contribution in [0.5, 0.6) is 0 Å². The van der Waals surface area contributed by atoms with Gasteiger partial charge in [0.25, 0.3) is 0 Å². The number of hydrogen-bond donors (Lipinski definition) is 4. The van der Waals surface area contributed by atoms with Gasteiger partial charge in [-0.3, -0.25) is 4.79 Å². The predicted molar refractivity (Wildman–Crippen MR) is 120 cm³/mol.